The summed E-state index contributed by atoms with van der Waals surface area (Å²) in [6.45, 7) is 2.21. The lowest BCUT2D eigenvalue weighted by molar-refractivity contribution is 1.19. The van der Waals surface area contributed by atoms with E-state index in [1.807, 2.05) is 12.1 Å². The van der Waals surface area contributed by atoms with E-state index in [1.54, 1.807) is 0 Å². The van der Waals surface area contributed by atoms with Crippen molar-refractivity contribution >= 4 is 33.1 Å². The van der Waals surface area contributed by atoms with Crippen LogP contribution >= 0.6 is 27.5 Å². The minimum atomic E-state index is 0.783. The average Bonchev–Trinajstić information content (AvgIpc) is 2.65. The van der Waals surface area contributed by atoms with Gasteiger partial charge in [0, 0.05) is 9.50 Å². The van der Waals surface area contributed by atoms with Crippen molar-refractivity contribution in [1.29, 1.82) is 0 Å². The van der Waals surface area contributed by atoms with Crippen molar-refractivity contribution in [3.63, 3.8) is 0 Å². The maximum atomic E-state index is 5.95. The van der Waals surface area contributed by atoms with Crippen molar-refractivity contribution in [3.05, 3.63) is 74.2 Å². The van der Waals surface area contributed by atoms with Crippen LogP contribution < -0.4 is 0 Å². The fourth-order valence-corrected chi connectivity index (χ4v) is 3.11. The fraction of sp³-hybridized carbons (Fsp3) is 0.125. The normalized spacial score (nSPS) is 13.9. The Hall–Kier alpha value is -1.05. The highest BCUT2D eigenvalue weighted by Gasteiger charge is 2.20. The summed E-state index contributed by atoms with van der Waals surface area (Å²) >= 11 is 9.49. The molecule has 0 N–H and O–H groups in total. The molecule has 0 aliphatic heterocycles. The van der Waals surface area contributed by atoms with Crippen LogP contribution in [0, 0.1) is 0 Å². The minimum Gasteiger partial charge on any atom is -0.0843 e. The molecule has 0 aromatic heterocycles. The molecule has 18 heavy (non-hydrogen) atoms. The number of benzene rings is 2. The summed E-state index contributed by atoms with van der Waals surface area (Å²) in [6, 6.07) is 14.6. The van der Waals surface area contributed by atoms with E-state index < -0.39 is 0 Å². The molecule has 0 amide bonds. The molecule has 0 heterocycles. The van der Waals surface area contributed by atoms with Gasteiger partial charge >= 0.3 is 0 Å². The van der Waals surface area contributed by atoms with Gasteiger partial charge in [0.15, 0.2) is 0 Å². The first-order chi connectivity index (χ1) is 8.65. The van der Waals surface area contributed by atoms with Crippen LogP contribution in [0.1, 0.15) is 23.6 Å². The molecule has 0 atom stereocenters. The summed E-state index contributed by atoms with van der Waals surface area (Å²) in [5.41, 5.74) is 6.77. The lowest BCUT2D eigenvalue weighted by Crippen LogP contribution is -1.87. The van der Waals surface area contributed by atoms with E-state index in [0.717, 1.165) is 15.9 Å². The Labute approximate surface area is 120 Å². The van der Waals surface area contributed by atoms with Crippen molar-refractivity contribution in [3.8, 4) is 0 Å². The summed E-state index contributed by atoms with van der Waals surface area (Å²) < 4.78 is 1.14. The molecule has 0 radical (unpaired) electrons. The highest BCUT2D eigenvalue weighted by Crippen LogP contribution is 2.38. The third kappa shape index (κ3) is 2.02. The molecule has 90 valence electrons. The molecular weight excluding hydrogens is 308 g/mol. The molecular formula is C16H12BrCl. The Morgan fingerprint density at radius 2 is 1.78 bits per heavy atom. The molecule has 1 aliphatic rings. The molecule has 0 saturated heterocycles. The second kappa shape index (κ2) is 4.56. The first-order valence-corrected chi connectivity index (χ1v) is 7.07. The zero-order chi connectivity index (χ0) is 12.7. The standard InChI is InChI=1S/C16H12BrCl/c1-10-8-12-9-13(17)4-7-15(12)16(10)11-2-5-14(18)6-3-11/h2-7,9H,8H2,1H3. The lowest BCUT2D eigenvalue weighted by Gasteiger charge is -2.07. The number of allylic oxidation sites excluding steroid dienone is 1. The predicted octanol–water partition coefficient (Wildman–Crippen LogP) is 5.48. The SMILES string of the molecule is CC1=C(c2ccc(Cl)cc2)c2ccc(Br)cc2C1. The summed E-state index contributed by atoms with van der Waals surface area (Å²) in [5.74, 6) is 0. The monoisotopic (exact) mass is 318 g/mol. The number of rotatable bonds is 1. The Morgan fingerprint density at radius 3 is 2.50 bits per heavy atom. The minimum absolute atomic E-state index is 0.783. The fourth-order valence-electron chi connectivity index (χ4n) is 2.57. The summed E-state index contributed by atoms with van der Waals surface area (Å²) in [5, 5.41) is 0.783. The summed E-state index contributed by atoms with van der Waals surface area (Å²) in [7, 11) is 0. The van der Waals surface area contributed by atoms with Crippen LogP contribution in [-0.2, 0) is 6.42 Å². The van der Waals surface area contributed by atoms with E-state index in [4.69, 9.17) is 11.6 Å². The Kier molecular flexibility index (Phi) is 3.04. The molecule has 0 unspecified atom stereocenters. The highest BCUT2D eigenvalue weighted by molar-refractivity contribution is 9.10. The highest BCUT2D eigenvalue weighted by atomic mass is 79.9. The molecule has 2 heteroatoms. The van der Waals surface area contributed by atoms with Crippen LogP contribution in [0.15, 0.2) is 52.5 Å². The largest absolute Gasteiger partial charge is 0.0843 e. The predicted molar refractivity (Wildman–Crippen MR) is 81.0 cm³/mol. The topological polar surface area (TPSA) is 0 Å². The van der Waals surface area contributed by atoms with Crippen LogP contribution in [0.25, 0.3) is 5.57 Å². The number of hydrogen-bond donors (Lipinski definition) is 0. The van der Waals surface area contributed by atoms with Crippen LogP contribution in [0.2, 0.25) is 5.02 Å². The van der Waals surface area contributed by atoms with E-state index in [2.05, 4.69) is 53.2 Å². The third-order valence-electron chi connectivity index (χ3n) is 3.35. The quantitative estimate of drug-likeness (QED) is 0.653. The number of hydrogen-bond acceptors (Lipinski definition) is 0. The van der Waals surface area contributed by atoms with Gasteiger partial charge in [-0.2, -0.15) is 0 Å². The van der Waals surface area contributed by atoms with Crippen molar-refractivity contribution in [2.24, 2.45) is 0 Å². The maximum absolute atomic E-state index is 5.95. The van der Waals surface area contributed by atoms with Crippen LogP contribution in [0.3, 0.4) is 0 Å². The Bertz CT molecular complexity index is 639. The summed E-state index contributed by atoms with van der Waals surface area (Å²) in [6.07, 6.45) is 1.03. The molecule has 2 aromatic carbocycles. The van der Waals surface area contributed by atoms with Crippen LogP contribution in [-0.4, -0.2) is 0 Å². The van der Waals surface area contributed by atoms with Crippen molar-refractivity contribution in [2.75, 3.05) is 0 Å². The lowest BCUT2D eigenvalue weighted by atomic mass is 9.98. The Balaban J connectivity index is 2.13. The second-order valence-corrected chi connectivity index (χ2v) is 5.99. The van der Waals surface area contributed by atoms with Gasteiger partial charge in [-0.15, -0.1) is 0 Å². The smallest absolute Gasteiger partial charge is 0.0406 e. The van der Waals surface area contributed by atoms with Gasteiger partial charge in [-0.1, -0.05) is 51.3 Å². The first kappa shape index (κ1) is 12.0. The van der Waals surface area contributed by atoms with Gasteiger partial charge in [0.25, 0.3) is 0 Å². The maximum Gasteiger partial charge on any atom is 0.0406 e. The van der Waals surface area contributed by atoms with Crippen molar-refractivity contribution < 1.29 is 0 Å². The van der Waals surface area contributed by atoms with E-state index in [0.29, 0.717) is 0 Å². The molecule has 2 aromatic rings. The van der Waals surface area contributed by atoms with Gasteiger partial charge in [-0.05, 0) is 59.9 Å². The van der Waals surface area contributed by atoms with E-state index in [9.17, 15) is 0 Å². The molecule has 3 rings (SSSR count). The molecule has 0 bridgehead atoms. The first-order valence-electron chi connectivity index (χ1n) is 5.89. The van der Waals surface area contributed by atoms with E-state index in [-0.39, 0.29) is 0 Å². The van der Waals surface area contributed by atoms with Crippen LogP contribution in [0.5, 0.6) is 0 Å². The zero-order valence-electron chi connectivity index (χ0n) is 10.0. The van der Waals surface area contributed by atoms with Crippen LogP contribution in [0.4, 0.5) is 0 Å². The third-order valence-corrected chi connectivity index (χ3v) is 4.10. The van der Waals surface area contributed by atoms with Crippen molar-refractivity contribution in [2.45, 2.75) is 13.3 Å². The molecule has 0 nitrogen and oxygen atoms in total. The van der Waals surface area contributed by atoms with Gasteiger partial charge in [0.1, 0.15) is 0 Å². The van der Waals surface area contributed by atoms with E-state index in [1.165, 1.54) is 27.8 Å². The van der Waals surface area contributed by atoms with Gasteiger partial charge in [0.05, 0.1) is 0 Å². The molecule has 1 aliphatic carbocycles. The average molecular weight is 320 g/mol. The molecule has 0 saturated carbocycles. The Morgan fingerprint density at radius 1 is 1.06 bits per heavy atom. The van der Waals surface area contributed by atoms with Gasteiger partial charge in [-0.3, -0.25) is 0 Å². The zero-order valence-corrected chi connectivity index (χ0v) is 12.3. The second-order valence-electron chi connectivity index (χ2n) is 4.64. The van der Waals surface area contributed by atoms with Gasteiger partial charge in [0.2, 0.25) is 0 Å². The van der Waals surface area contributed by atoms with Crippen molar-refractivity contribution in [1.82, 2.24) is 0 Å². The summed E-state index contributed by atoms with van der Waals surface area (Å²) in [4.78, 5) is 0. The molecule has 0 spiro atoms. The number of fused-ring (bicyclic) bond motifs is 1. The number of halogens is 2. The van der Waals surface area contributed by atoms with Gasteiger partial charge in [-0.25, -0.2) is 0 Å². The molecule has 0 fully saturated rings. The van der Waals surface area contributed by atoms with Gasteiger partial charge < -0.3 is 0 Å². The van der Waals surface area contributed by atoms with E-state index >= 15 is 0 Å².